The van der Waals surface area contributed by atoms with Gasteiger partial charge in [-0.05, 0) is 31.0 Å². The van der Waals surface area contributed by atoms with Crippen LogP contribution in [-0.2, 0) is 6.42 Å². The Morgan fingerprint density at radius 3 is 3.16 bits per heavy atom. The average Bonchev–Trinajstić information content (AvgIpc) is 2.75. The molecule has 19 heavy (non-hydrogen) atoms. The Morgan fingerprint density at radius 2 is 2.21 bits per heavy atom. The molecule has 0 N–H and O–H groups in total. The maximum Gasteiger partial charge on any atom is 0.139 e. The SMILES string of the molecule is Bc1ccc2c(c1)CC1(CCN3CCCCC3C1)O2. The monoisotopic (exact) mass is 255 g/mol. The van der Waals surface area contributed by atoms with Gasteiger partial charge in [-0.25, -0.2) is 0 Å². The smallest absolute Gasteiger partial charge is 0.139 e. The van der Waals surface area contributed by atoms with Crippen molar-refractivity contribution in [2.24, 2.45) is 0 Å². The summed E-state index contributed by atoms with van der Waals surface area (Å²) in [4.78, 5) is 2.70. The molecule has 0 aromatic heterocycles. The van der Waals surface area contributed by atoms with Gasteiger partial charge in [-0.3, -0.25) is 0 Å². The van der Waals surface area contributed by atoms with Crippen LogP contribution in [0.25, 0.3) is 0 Å². The van der Waals surface area contributed by atoms with Crippen LogP contribution in [0.15, 0.2) is 18.2 Å². The van der Waals surface area contributed by atoms with Crippen molar-refractivity contribution in [3.05, 3.63) is 23.8 Å². The minimum atomic E-state index is 0.120. The summed E-state index contributed by atoms with van der Waals surface area (Å²) < 4.78 is 6.41. The van der Waals surface area contributed by atoms with Crippen LogP contribution in [-0.4, -0.2) is 37.5 Å². The Kier molecular flexibility index (Phi) is 2.66. The minimum Gasteiger partial charge on any atom is -0.487 e. The van der Waals surface area contributed by atoms with E-state index in [1.807, 2.05) is 0 Å². The number of piperidine rings is 2. The third-order valence-electron chi connectivity index (χ3n) is 5.27. The molecule has 1 aromatic carbocycles. The molecule has 0 saturated carbocycles. The quantitative estimate of drug-likeness (QED) is 0.647. The van der Waals surface area contributed by atoms with Gasteiger partial charge in [0.1, 0.15) is 19.2 Å². The molecule has 0 aliphatic carbocycles. The molecule has 2 unspecified atom stereocenters. The first-order valence-electron chi connectivity index (χ1n) is 7.77. The molecule has 100 valence electrons. The number of ether oxygens (including phenoxy) is 1. The number of fused-ring (bicyclic) bond motifs is 2. The minimum absolute atomic E-state index is 0.120. The van der Waals surface area contributed by atoms with E-state index < -0.39 is 0 Å². The fraction of sp³-hybridized carbons (Fsp3) is 0.625. The second kappa shape index (κ2) is 4.27. The van der Waals surface area contributed by atoms with Crippen LogP contribution >= 0.6 is 0 Å². The fourth-order valence-electron chi connectivity index (χ4n) is 4.28. The van der Waals surface area contributed by atoms with E-state index in [-0.39, 0.29) is 5.60 Å². The highest BCUT2D eigenvalue weighted by atomic mass is 16.5. The number of rotatable bonds is 0. The Morgan fingerprint density at radius 1 is 1.26 bits per heavy atom. The topological polar surface area (TPSA) is 12.5 Å². The third kappa shape index (κ3) is 1.99. The summed E-state index contributed by atoms with van der Waals surface area (Å²) in [5, 5.41) is 0. The van der Waals surface area contributed by atoms with Gasteiger partial charge >= 0.3 is 0 Å². The van der Waals surface area contributed by atoms with Crippen molar-refractivity contribution in [1.29, 1.82) is 0 Å². The molecule has 0 radical (unpaired) electrons. The highest BCUT2D eigenvalue weighted by molar-refractivity contribution is 6.32. The number of hydrogen-bond donors (Lipinski definition) is 0. The highest BCUT2D eigenvalue weighted by Crippen LogP contribution is 2.43. The van der Waals surface area contributed by atoms with Crippen molar-refractivity contribution < 1.29 is 4.74 Å². The van der Waals surface area contributed by atoms with E-state index in [0.717, 1.165) is 18.2 Å². The second-order valence-corrected chi connectivity index (χ2v) is 6.71. The largest absolute Gasteiger partial charge is 0.487 e. The lowest BCUT2D eigenvalue weighted by Crippen LogP contribution is -2.54. The molecular weight excluding hydrogens is 233 g/mol. The third-order valence-corrected chi connectivity index (χ3v) is 5.27. The van der Waals surface area contributed by atoms with Crippen molar-refractivity contribution in [2.45, 2.75) is 50.2 Å². The van der Waals surface area contributed by atoms with Gasteiger partial charge in [0.2, 0.25) is 0 Å². The van der Waals surface area contributed by atoms with Crippen molar-refractivity contribution in [2.75, 3.05) is 13.1 Å². The van der Waals surface area contributed by atoms with Gasteiger partial charge in [0.05, 0.1) is 0 Å². The van der Waals surface area contributed by atoms with E-state index in [1.165, 1.54) is 56.2 Å². The Labute approximate surface area is 116 Å². The molecule has 0 bridgehead atoms. The van der Waals surface area contributed by atoms with Crippen LogP contribution in [0.5, 0.6) is 5.75 Å². The predicted molar refractivity (Wildman–Crippen MR) is 80.1 cm³/mol. The van der Waals surface area contributed by atoms with Crippen molar-refractivity contribution in [3.63, 3.8) is 0 Å². The van der Waals surface area contributed by atoms with Crippen LogP contribution in [0.1, 0.15) is 37.7 Å². The molecule has 4 rings (SSSR count). The first-order valence-corrected chi connectivity index (χ1v) is 7.77. The molecule has 1 spiro atoms. The van der Waals surface area contributed by atoms with Gasteiger partial charge in [0, 0.05) is 31.8 Å². The predicted octanol–water partition coefficient (Wildman–Crippen LogP) is 1.27. The molecule has 3 heterocycles. The molecule has 2 fully saturated rings. The van der Waals surface area contributed by atoms with Gasteiger partial charge < -0.3 is 9.64 Å². The molecule has 3 aliphatic rings. The first kappa shape index (κ1) is 11.8. The van der Waals surface area contributed by atoms with Crippen LogP contribution in [0.4, 0.5) is 0 Å². The van der Waals surface area contributed by atoms with E-state index in [1.54, 1.807) is 0 Å². The second-order valence-electron chi connectivity index (χ2n) is 6.71. The molecule has 2 atom stereocenters. The van der Waals surface area contributed by atoms with E-state index >= 15 is 0 Å². The van der Waals surface area contributed by atoms with Gasteiger partial charge in [-0.2, -0.15) is 0 Å². The zero-order valence-electron chi connectivity index (χ0n) is 11.8. The van der Waals surface area contributed by atoms with Crippen molar-refractivity contribution in [1.82, 2.24) is 4.90 Å². The summed E-state index contributed by atoms with van der Waals surface area (Å²) in [5.74, 6) is 1.15. The lowest BCUT2D eigenvalue weighted by molar-refractivity contribution is -0.0249. The summed E-state index contributed by atoms with van der Waals surface area (Å²) in [5.41, 5.74) is 2.91. The molecule has 3 aliphatic heterocycles. The van der Waals surface area contributed by atoms with Crippen LogP contribution in [0, 0.1) is 0 Å². The zero-order valence-corrected chi connectivity index (χ0v) is 11.8. The molecular formula is C16H22BNO. The lowest BCUT2D eigenvalue weighted by Gasteiger charge is -2.46. The molecule has 2 saturated heterocycles. The molecule has 1 aromatic rings. The Balaban J connectivity index is 1.57. The standard InChI is InChI=1S/C16H22BNO/c17-13-4-5-15-12(9-13)10-16(19-15)6-8-18-7-2-1-3-14(18)11-16/h4-5,9,14H,1-3,6-8,10-11,17H2. The zero-order chi connectivity index (χ0) is 12.9. The number of nitrogens with zero attached hydrogens (tertiary/aromatic N) is 1. The summed E-state index contributed by atoms with van der Waals surface area (Å²) >= 11 is 0. The van der Waals surface area contributed by atoms with Gasteiger partial charge in [0.25, 0.3) is 0 Å². The van der Waals surface area contributed by atoms with Crippen LogP contribution in [0.3, 0.4) is 0 Å². The average molecular weight is 255 g/mol. The van der Waals surface area contributed by atoms with Crippen LogP contribution < -0.4 is 10.2 Å². The van der Waals surface area contributed by atoms with Gasteiger partial charge in [-0.15, -0.1) is 0 Å². The Hall–Kier alpha value is -0.955. The Bertz CT molecular complexity index is 504. The maximum absolute atomic E-state index is 6.41. The molecule has 2 nitrogen and oxygen atoms in total. The van der Waals surface area contributed by atoms with E-state index in [0.29, 0.717) is 0 Å². The molecule has 0 amide bonds. The highest BCUT2D eigenvalue weighted by Gasteiger charge is 2.45. The van der Waals surface area contributed by atoms with Gasteiger partial charge in [-0.1, -0.05) is 24.0 Å². The lowest BCUT2D eigenvalue weighted by atomic mass is 9.79. The van der Waals surface area contributed by atoms with Crippen molar-refractivity contribution in [3.8, 4) is 5.75 Å². The normalized spacial score (nSPS) is 33.8. The van der Waals surface area contributed by atoms with Crippen LogP contribution in [0.2, 0.25) is 0 Å². The fourth-order valence-corrected chi connectivity index (χ4v) is 4.28. The summed E-state index contributed by atoms with van der Waals surface area (Å²) in [6, 6.07) is 7.44. The van der Waals surface area contributed by atoms with E-state index in [2.05, 4.69) is 30.9 Å². The summed E-state index contributed by atoms with van der Waals surface area (Å²) in [6.45, 7) is 2.55. The maximum atomic E-state index is 6.41. The molecule has 3 heteroatoms. The summed E-state index contributed by atoms with van der Waals surface area (Å²) in [7, 11) is 2.18. The van der Waals surface area contributed by atoms with Gasteiger partial charge in [0.15, 0.2) is 0 Å². The van der Waals surface area contributed by atoms with E-state index in [9.17, 15) is 0 Å². The van der Waals surface area contributed by atoms with Crippen molar-refractivity contribution >= 4 is 13.3 Å². The first-order chi connectivity index (χ1) is 9.24. The number of benzene rings is 1. The summed E-state index contributed by atoms with van der Waals surface area (Å²) in [6.07, 6.45) is 7.75. The number of hydrogen-bond acceptors (Lipinski definition) is 2. The van der Waals surface area contributed by atoms with E-state index in [4.69, 9.17) is 4.74 Å².